The van der Waals surface area contributed by atoms with Crippen LogP contribution in [-0.4, -0.2) is 5.91 Å². The zero-order chi connectivity index (χ0) is 11.4. The summed E-state index contributed by atoms with van der Waals surface area (Å²) in [5, 5.41) is 0.881. The molecule has 0 saturated carbocycles. The minimum atomic E-state index is -0.395. The number of hydrogen-bond acceptors (Lipinski definition) is 1. The lowest BCUT2D eigenvalue weighted by atomic mass is 9.95. The number of carbonyl (C=O) groups is 1. The van der Waals surface area contributed by atoms with Crippen LogP contribution < -0.4 is 5.73 Å². The molecule has 0 aromatic heterocycles. The van der Waals surface area contributed by atoms with Crippen molar-refractivity contribution in [2.75, 3.05) is 0 Å². The molecule has 0 aliphatic rings. The van der Waals surface area contributed by atoms with E-state index in [4.69, 9.17) is 28.9 Å². The molecule has 0 heterocycles. The first kappa shape index (κ1) is 12.1. The van der Waals surface area contributed by atoms with Gasteiger partial charge in [0.25, 0.3) is 0 Å². The molecule has 0 fully saturated rings. The van der Waals surface area contributed by atoms with Gasteiger partial charge in [-0.3, -0.25) is 4.79 Å². The predicted molar refractivity (Wildman–Crippen MR) is 63.2 cm³/mol. The molecule has 0 bridgehead atoms. The summed E-state index contributed by atoms with van der Waals surface area (Å²) in [6, 6.07) is 5.05. The highest BCUT2D eigenvalue weighted by atomic mass is 35.5. The van der Waals surface area contributed by atoms with Crippen LogP contribution in [0.3, 0.4) is 0 Å². The van der Waals surface area contributed by atoms with Crippen molar-refractivity contribution < 1.29 is 4.79 Å². The van der Waals surface area contributed by atoms with Gasteiger partial charge in [-0.15, -0.1) is 6.58 Å². The highest BCUT2D eigenvalue weighted by Gasteiger charge is 2.16. The minimum absolute atomic E-state index is 0.391. The van der Waals surface area contributed by atoms with Crippen LogP contribution in [-0.2, 0) is 4.79 Å². The molecule has 0 saturated heterocycles. The first-order valence-corrected chi connectivity index (χ1v) is 5.17. The van der Waals surface area contributed by atoms with E-state index in [0.29, 0.717) is 16.5 Å². The Hall–Kier alpha value is -0.990. The second-order valence-electron chi connectivity index (χ2n) is 3.15. The van der Waals surface area contributed by atoms with E-state index in [1.165, 1.54) is 0 Å². The molecule has 0 radical (unpaired) electrons. The summed E-state index contributed by atoms with van der Waals surface area (Å²) in [5.41, 5.74) is 6.04. The molecular formula is C11H11Cl2NO. The largest absolute Gasteiger partial charge is 0.369 e. The Balaban J connectivity index is 3.06. The normalized spacial score (nSPS) is 12.1. The van der Waals surface area contributed by atoms with Crippen molar-refractivity contribution in [1.29, 1.82) is 0 Å². The molecule has 4 heteroatoms. The third-order valence-corrected chi connectivity index (χ3v) is 2.83. The van der Waals surface area contributed by atoms with Crippen molar-refractivity contribution in [3.05, 3.63) is 46.5 Å². The van der Waals surface area contributed by atoms with Gasteiger partial charge in [0.1, 0.15) is 0 Å². The number of amides is 1. The maximum atomic E-state index is 11.2. The molecular weight excluding hydrogens is 233 g/mol. The van der Waals surface area contributed by atoms with Gasteiger partial charge in [-0.1, -0.05) is 35.3 Å². The topological polar surface area (TPSA) is 43.1 Å². The van der Waals surface area contributed by atoms with E-state index in [-0.39, 0.29) is 0 Å². The average molecular weight is 244 g/mol. The number of primary amides is 1. The number of hydrogen-bond donors (Lipinski definition) is 1. The van der Waals surface area contributed by atoms with Gasteiger partial charge in [-0.2, -0.15) is 0 Å². The molecule has 1 atom stereocenters. The van der Waals surface area contributed by atoms with Crippen molar-refractivity contribution in [3.63, 3.8) is 0 Å². The Morgan fingerprint density at radius 3 is 2.60 bits per heavy atom. The lowest BCUT2D eigenvalue weighted by Crippen LogP contribution is -2.20. The van der Waals surface area contributed by atoms with Crippen LogP contribution in [0, 0.1) is 0 Å². The van der Waals surface area contributed by atoms with E-state index in [1.807, 2.05) is 0 Å². The van der Waals surface area contributed by atoms with Gasteiger partial charge in [0, 0.05) is 0 Å². The van der Waals surface area contributed by atoms with Gasteiger partial charge < -0.3 is 5.73 Å². The van der Waals surface area contributed by atoms with E-state index in [9.17, 15) is 4.79 Å². The maximum Gasteiger partial charge on any atom is 0.225 e. The van der Waals surface area contributed by atoms with Crippen LogP contribution >= 0.6 is 23.2 Å². The summed E-state index contributed by atoms with van der Waals surface area (Å²) in [7, 11) is 0. The highest BCUT2D eigenvalue weighted by molar-refractivity contribution is 6.42. The highest BCUT2D eigenvalue weighted by Crippen LogP contribution is 2.28. The van der Waals surface area contributed by atoms with Gasteiger partial charge in [-0.25, -0.2) is 0 Å². The van der Waals surface area contributed by atoms with Crippen molar-refractivity contribution in [3.8, 4) is 0 Å². The molecule has 80 valence electrons. The molecule has 1 amide bonds. The second kappa shape index (κ2) is 5.19. The van der Waals surface area contributed by atoms with Crippen molar-refractivity contribution in [2.24, 2.45) is 5.73 Å². The van der Waals surface area contributed by atoms with Crippen LogP contribution in [0.25, 0.3) is 0 Å². The number of benzene rings is 1. The maximum absolute atomic E-state index is 11.2. The molecule has 15 heavy (non-hydrogen) atoms. The van der Waals surface area contributed by atoms with E-state index in [0.717, 1.165) is 5.56 Å². The average Bonchev–Trinajstić information content (AvgIpc) is 2.18. The fourth-order valence-corrected chi connectivity index (χ4v) is 1.62. The predicted octanol–water partition coefficient (Wildman–Crippen LogP) is 3.14. The number of rotatable bonds is 4. The fraction of sp³-hybridized carbons (Fsp3) is 0.182. The molecule has 1 aromatic rings. The van der Waals surface area contributed by atoms with Crippen LogP contribution in [0.15, 0.2) is 30.9 Å². The Morgan fingerprint density at radius 1 is 1.47 bits per heavy atom. The smallest absolute Gasteiger partial charge is 0.225 e. The second-order valence-corrected chi connectivity index (χ2v) is 3.97. The zero-order valence-corrected chi connectivity index (χ0v) is 9.55. The molecule has 1 unspecified atom stereocenters. The lowest BCUT2D eigenvalue weighted by Gasteiger charge is -2.12. The van der Waals surface area contributed by atoms with Crippen LogP contribution in [0.4, 0.5) is 0 Å². The first-order chi connectivity index (χ1) is 7.06. The summed E-state index contributed by atoms with van der Waals surface area (Å²) in [6.45, 7) is 3.58. The summed E-state index contributed by atoms with van der Waals surface area (Å²) < 4.78 is 0. The van der Waals surface area contributed by atoms with Crippen molar-refractivity contribution in [2.45, 2.75) is 12.3 Å². The van der Waals surface area contributed by atoms with E-state index in [1.54, 1.807) is 24.3 Å². The van der Waals surface area contributed by atoms with Crippen molar-refractivity contribution >= 4 is 29.1 Å². The number of carbonyl (C=O) groups excluding carboxylic acids is 1. The fourth-order valence-electron chi connectivity index (χ4n) is 1.31. The van der Waals surface area contributed by atoms with Crippen LogP contribution in [0.1, 0.15) is 17.9 Å². The Kier molecular flexibility index (Phi) is 4.18. The van der Waals surface area contributed by atoms with Crippen LogP contribution in [0.5, 0.6) is 0 Å². The molecule has 0 aliphatic heterocycles. The van der Waals surface area contributed by atoms with E-state index >= 15 is 0 Å². The van der Waals surface area contributed by atoms with Gasteiger partial charge in [0.05, 0.1) is 16.0 Å². The third-order valence-electron chi connectivity index (χ3n) is 2.09. The quantitative estimate of drug-likeness (QED) is 0.812. The Labute approximate surface area is 98.7 Å². The Morgan fingerprint density at radius 2 is 2.13 bits per heavy atom. The summed E-state index contributed by atoms with van der Waals surface area (Å²) in [5.74, 6) is -0.787. The summed E-state index contributed by atoms with van der Waals surface area (Å²) in [4.78, 5) is 11.2. The monoisotopic (exact) mass is 243 g/mol. The molecule has 2 N–H and O–H groups in total. The molecule has 1 aromatic carbocycles. The molecule has 0 spiro atoms. The standard InChI is InChI=1S/C11H11Cl2NO/c1-2-3-8(11(14)15)7-4-5-9(12)10(13)6-7/h2,4-6,8H,1,3H2,(H2,14,15). The SMILES string of the molecule is C=CCC(C(N)=O)c1ccc(Cl)c(Cl)c1. The number of allylic oxidation sites excluding steroid dienone is 1. The summed E-state index contributed by atoms with van der Waals surface area (Å²) in [6.07, 6.45) is 2.14. The number of halogens is 2. The van der Waals surface area contributed by atoms with Gasteiger partial charge >= 0.3 is 0 Å². The molecule has 1 rings (SSSR count). The van der Waals surface area contributed by atoms with Gasteiger partial charge in [0.2, 0.25) is 5.91 Å². The third kappa shape index (κ3) is 2.98. The molecule has 0 aliphatic carbocycles. The Bertz CT molecular complexity index is 390. The van der Waals surface area contributed by atoms with Crippen LogP contribution in [0.2, 0.25) is 10.0 Å². The number of nitrogens with two attached hydrogens (primary N) is 1. The van der Waals surface area contributed by atoms with Crippen molar-refractivity contribution in [1.82, 2.24) is 0 Å². The van der Waals surface area contributed by atoms with E-state index < -0.39 is 11.8 Å². The minimum Gasteiger partial charge on any atom is -0.369 e. The zero-order valence-electron chi connectivity index (χ0n) is 8.04. The summed E-state index contributed by atoms with van der Waals surface area (Å²) >= 11 is 11.6. The van der Waals surface area contributed by atoms with E-state index in [2.05, 4.69) is 6.58 Å². The van der Waals surface area contributed by atoms with Gasteiger partial charge in [-0.05, 0) is 24.1 Å². The lowest BCUT2D eigenvalue weighted by molar-refractivity contribution is -0.119. The van der Waals surface area contributed by atoms with Gasteiger partial charge in [0.15, 0.2) is 0 Å². The molecule has 2 nitrogen and oxygen atoms in total. The first-order valence-electron chi connectivity index (χ1n) is 4.41.